The van der Waals surface area contributed by atoms with Crippen molar-refractivity contribution in [1.29, 1.82) is 0 Å². The summed E-state index contributed by atoms with van der Waals surface area (Å²) in [7, 11) is 0. The molecule has 0 N–H and O–H groups in total. The smallest absolute Gasteiger partial charge is 0.230 e. The highest BCUT2D eigenvalue weighted by Crippen LogP contribution is 2.38. The highest BCUT2D eigenvalue weighted by Gasteiger charge is 2.22. The zero-order valence-electron chi connectivity index (χ0n) is 16.7. The molecule has 6 heteroatoms. The Morgan fingerprint density at radius 3 is 2.46 bits per heavy atom. The lowest BCUT2D eigenvalue weighted by atomic mass is 10.1. The number of aryl methyl sites for hydroxylation is 4. The molecule has 0 atom stereocenters. The Kier molecular flexibility index (Phi) is 6.48. The number of hydrogen-bond acceptors (Lipinski definition) is 4. The number of nitrogens with zero attached hydrogens (tertiary/aromatic N) is 2. The number of rotatable bonds is 5. The molecule has 0 radical (unpaired) electrons. The fourth-order valence-electron chi connectivity index (χ4n) is 3.16. The van der Waals surface area contributed by atoms with E-state index in [0.29, 0.717) is 15.8 Å². The molecule has 0 aliphatic heterocycles. The molecule has 1 amide bonds. The van der Waals surface area contributed by atoms with E-state index in [2.05, 4.69) is 32.0 Å². The number of benzene rings is 2. The Bertz CT molecular complexity index is 1010. The standard InChI is InChI=1S/C22H23ClN2OS2/c1-13-6-7-20(15(3)8-13)27-11-18-12-28-22(24-18)25(17(5)26)21-16(4)9-14(2)10-19(21)23/h6-10,12H,11H2,1-5H3. The van der Waals surface area contributed by atoms with Crippen molar-refractivity contribution in [2.45, 2.75) is 45.3 Å². The van der Waals surface area contributed by atoms with Crippen molar-refractivity contribution in [1.82, 2.24) is 4.98 Å². The second-order valence-corrected chi connectivity index (χ2v) is 9.21. The normalized spacial score (nSPS) is 10.9. The first-order chi connectivity index (χ1) is 13.3. The zero-order chi connectivity index (χ0) is 20.4. The van der Waals surface area contributed by atoms with E-state index in [4.69, 9.17) is 16.6 Å². The number of hydrogen-bond donors (Lipinski definition) is 0. The van der Waals surface area contributed by atoms with Crippen molar-refractivity contribution in [3.63, 3.8) is 0 Å². The molecule has 2 aromatic carbocycles. The summed E-state index contributed by atoms with van der Waals surface area (Å²) in [6.45, 7) is 9.73. The summed E-state index contributed by atoms with van der Waals surface area (Å²) in [6.07, 6.45) is 0. The summed E-state index contributed by atoms with van der Waals surface area (Å²) in [5.74, 6) is 0.657. The molecule has 0 fully saturated rings. The lowest BCUT2D eigenvalue weighted by Gasteiger charge is -2.22. The molecule has 0 spiro atoms. The monoisotopic (exact) mass is 430 g/mol. The molecule has 0 aliphatic rings. The van der Waals surface area contributed by atoms with E-state index in [-0.39, 0.29) is 5.91 Å². The Balaban J connectivity index is 1.85. The van der Waals surface area contributed by atoms with Gasteiger partial charge in [0.15, 0.2) is 5.13 Å². The largest absolute Gasteiger partial charge is 0.274 e. The second-order valence-electron chi connectivity index (χ2n) is 6.95. The molecular formula is C22H23ClN2OS2. The van der Waals surface area contributed by atoms with Crippen molar-refractivity contribution >= 4 is 51.4 Å². The van der Waals surface area contributed by atoms with E-state index in [1.807, 2.05) is 31.4 Å². The highest BCUT2D eigenvalue weighted by molar-refractivity contribution is 7.98. The summed E-state index contributed by atoms with van der Waals surface area (Å²) in [5.41, 5.74) is 6.23. The number of aromatic nitrogens is 1. The minimum Gasteiger partial charge on any atom is -0.274 e. The van der Waals surface area contributed by atoms with Gasteiger partial charge in [-0.15, -0.1) is 23.1 Å². The van der Waals surface area contributed by atoms with Gasteiger partial charge in [-0.25, -0.2) is 4.98 Å². The number of thiazole rings is 1. The van der Waals surface area contributed by atoms with Crippen LogP contribution in [0.25, 0.3) is 0 Å². The topological polar surface area (TPSA) is 33.2 Å². The molecule has 3 nitrogen and oxygen atoms in total. The number of carbonyl (C=O) groups excluding carboxylic acids is 1. The maximum Gasteiger partial charge on any atom is 0.230 e. The maximum absolute atomic E-state index is 12.4. The molecule has 1 aromatic heterocycles. The zero-order valence-corrected chi connectivity index (χ0v) is 19.1. The van der Waals surface area contributed by atoms with Gasteiger partial charge in [-0.05, 0) is 56.5 Å². The van der Waals surface area contributed by atoms with E-state index in [1.54, 1.807) is 23.6 Å². The second kappa shape index (κ2) is 8.68. The molecule has 28 heavy (non-hydrogen) atoms. The number of amides is 1. The average Bonchev–Trinajstić information content (AvgIpc) is 3.05. The van der Waals surface area contributed by atoms with Crippen molar-refractivity contribution in [3.05, 3.63) is 68.7 Å². The predicted octanol–water partition coefficient (Wildman–Crippen LogP) is 7.01. The van der Waals surface area contributed by atoms with Gasteiger partial charge in [-0.1, -0.05) is 35.4 Å². The third-order valence-electron chi connectivity index (χ3n) is 4.37. The van der Waals surface area contributed by atoms with Gasteiger partial charge in [0.25, 0.3) is 0 Å². The van der Waals surface area contributed by atoms with Crippen molar-refractivity contribution < 1.29 is 4.79 Å². The Morgan fingerprint density at radius 1 is 1.11 bits per heavy atom. The molecule has 3 rings (SSSR count). The number of anilines is 2. The van der Waals surface area contributed by atoms with Crippen LogP contribution in [-0.2, 0) is 10.5 Å². The first kappa shape index (κ1) is 20.9. The summed E-state index contributed by atoms with van der Waals surface area (Å²) in [5, 5.41) is 3.23. The van der Waals surface area contributed by atoms with Crippen LogP contribution in [0, 0.1) is 27.7 Å². The number of halogens is 1. The lowest BCUT2D eigenvalue weighted by Crippen LogP contribution is -2.24. The summed E-state index contributed by atoms with van der Waals surface area (Å²) >= 11 is 9.71. The molecule has 0 aliphatic carbocycles. The first-order valence-corrected chi connectivity index (χ1v) is 11.2. The van der Waals surface area contributed by atoms with Crippen LogP contribution < -0.4 is 4.90 Å². The van der Waals surface area contributed by atoms with Gasteiger partial charge < -0.3 is 0 Å². The molecule has 0 unspecified atom stereocenters. The van der Waals surface area contributed by atoms with Crippen molar-refractivity contribution in [3.8, 4) is 0 Å². The van der Waals surface area contributed by atoms with Gasteiger partial charge >= 0.3 is 0 Å². The van der Waals surface area contributed by atoms with Crippen LogP contribution in [0.1, 0.15) is 34.9 Å². The predicted molar refractivity (Wildman–Crippen MR) is 121 cm³/mol. The van der Waals surface area contributed by atoms with E-state index in [1.165, 1.54) is 27.4 Å². The Hall–Kier alpha value is -1.82. The fraction of sp³-hybridized carbons (Fsp3) is 0.273. The first-order valence-electron chi connectivity index (χ1n) is 8.98. The molecule has 0 saturated carbocycles. The SMILES string of the molecule is CC(=O)N(c1nc(CSc2ccc(C)cc2C)cs1)c1c(C)cc(C)cc1Cl. The maximum atomic E-state index is 12.4. The summed E-state index contributed by atoms with van der Waals surface area (Å²) < 4.78 is 0. The number of thioether (sulfide) groups is 1. The van der Waals surface area contributed by atoms with Gasteiger partial charge in [-0.3, -0.25) is 9.69 Å². The van der Waals surface area contributed by atoms with Crippen molar-refractivity contribution in [2.75, 3.05) is 4.90 Å². The van der Waals surface area contributed by atoms with Crippen LogP contribution in [0.5, 0.6) is 0 Å². The minimum absolute atomic E-state index is 0.100. The van der Waals surface area contributed by atoms with Crippen LogP contribution in [0.2, 0.25) is 5.02 Å². The molecule has 146 valence electrons. The van der Waals surface area contributed by atoms with E-state index in [0.717, 1.165) is 22.6 Å². The van der Waals surface area contributed by atoms with Crippen LogP contribution in [0.15, 0.2) is 40.6 Å². The van der Waals surface area contributed by atoms with Gasteiger partial charge in [0.2, 0.25) is 5.91 Å². The van der Waals surface area contributed by atoms with E-state index in [9.17, 15) is 4.79 Å². The van der Waals surface area contributed by atoms with Gasteiger partial charge in [0, 0.05) is 23.0 Å². The Labute approximate surface area is 179 Å². The molecule has 1 heterocycles. The van der Waals surface area contributed by atoms with E-state index >= 15 is 0 Å². The highest BCUT2D eigenvalue weighted by atomic mass is 35.5. The molecular weight excluding hydrogens is 408 g/mol. The van der Waals surface area contributed by atoms with Crippen molar-refractivity contribution in [2.24, 2.45) is 0 Å². The lowest BCUT2D eigenvalue weighted by molar-refractivity contribution is -0.115. The third-order valence-corrected chi connectivity index (χ3v) is 6.75. The van der Waals surface area contributed by atoms with E-state index < -0.39 is 0 Å². The molecule has 3 aromatic rings. The van der Waals surface area contributed by atoms with Gasteiger partial charge in [0.05, 0.1) is 16.4 Å². The van der Waals surface area contributed by atoms with Gasteiger partial charge in [-0.2, -0.15) is 0 Å². The third kappa shape index (κ3) is 4.59. The fourth-order valence-corrected chi connectivity index (χ4v) is 5.44. The quantitative estimate of drug-likeness (QED) is 0.408. The minimum atomic E-state index is -0.100. The van der Waals surface area contributed by atoms with Gasteiger partial charge in [0.1, 0.15) is 0 Å². The van der Waals surface area contributed by atoms with Crippen LogP contribution >= 0.6 is 34.7 Å². The summed E-state index contributed by atoms with van der Waals surface area (Å²) in [4.78, 5) is 20.0. The van der Waals surface area contributed by atoms with Crippen LogP contribution in [-0.4, -0.2) is 10.9 Å². The van der Waals surface area contributed by atoms with Crippen LogP contribution in [0.3, 0.4) is 0 Å². The Morgan fingerprint density at radius 2 is 1.82 bits per heavy atom. The number of carbonyl (C=O) groups is 1. The van der Waals surface area contributed by atoms with Crippen LogP contribution in [0.4, 0.5) is 10.8 Å². The average molecular weight is 431 g/mol. The summed E-state index contributed by atoms with van der Waals surface area (Å²) in [6, 6.07) is 10.4. The molecule has 0 bridgehead atoms. The molecule has 0 saturated heterocycles.